The smallest absolute Gasteiger partial charge is 0.219 e. The van der Waals surface area contributed by atoms with Crippen LogP contribution in [0.1, 0.15) is 111 Å². The van der Waals surface area contributed by atoms with Crippen LogP contribution in [-0.2, 0) is 17.3 Å². The minimum absolute atomic E-state index is 0.0908. The molecule has 0 saturated heterocycles. The molecule has 3 rings (SSSR count). The molecule has 0 bridgehead atoms. The maximum absolute atomic E-state index is 12.3. The van der Waals surface area contributed by atoms with Crippen molar-refractivity contribution >= 4 is 29.0 Å². The zero-order valence-corrected chi connectivity index (χ0v) is 23.6. The first-order valence-corrected chi connectivity index (χ1v) is 14.5. The van der Waals surface area contributed by atoms with E-state index in [-0.39, 0.29) is 28.3 Å². The summed E-state index contributed by atoms with van der Waals surface area (Å²) in [5, 5.41) is 18.3. The van der Waals surface area contributed by atoms with E-state index in [9.17, 15) is 9.90 Å². The largest absolute Gasteiger partial charge is 0.394 e. The molecule has 0 saturated carbocycles. The number of hydrogen-bond donors (Lipinski definition) is 2. The van der Waals surface area contributed by atoms with Gasteiger partial charge in [0, 0.05) is 11.3 Å². The summed E-state index contributed by atoms with van der Waals surface area (Å²) in [5.41, 5.74) is 7.81. The van der Waals surface area contributed by atoms with Gasteiger partial charge in [0.05, 0.1) is 12.7 Å². The number of unbranched alkanes of at least 4 members (excludes halogenated alkanes) is 3. The molecule has 4 heteroatoms. The van der Waals surface area contributed by atoms with Gasteiger partial charge in [-0.05, 0) is 76.5 Å². The van der Waals surface area contributed by atoms with Crippen LogP contribution in [-0.4, -0.2) is 33.8 Å². The number of hydrogen-bond acceptors (Lipinski definition) is 4. The van der Waals surface area contributed by atoms with Gasteiger partial charge in [-0.3, -0.25) is 4.79 Å². The van der Waals surface area contributed by atoms with Gasteiger partial charge in [-0.2, -0.15) is 0 Å². The molecular weight excluding hydrogens is 464 g/mol. The maximum Gasteiger partial charge on any atom is 0.219 e. The number of aryl methyl sites for hydroxylation is 1. The highest BCUT2D eigenvalue weighted by Crippen LogP contribution is 2.47. The van der Waals surface area contributed by atoms with E-state index in [1.807, 2.05) is 24.3 Å². The third-order valence-electron chi connectivity index (χ3n) is 7.63. The Bertz CT molecular complexity index is 1050. The van der Waals surface area contributed by atoms with Crippen molar-refractivity contribution in [3.05, 3.63) is 69.8 Å². The number of rotatable bonds is 11. The lowest BCUT2D eigenvalue weighted by atomic mass is 9.62. The molecule has 1 aliphatic carbocycles. The van der Waals surface area contributed by atoms with Crippen molar-refractivity contribution in [2.24, 2.45) is 0 Å². The zero-order chi connectivity index (χ0) is 26.3. The van der Waals surface area contributed by atoms with Gasteiger partial charge in [-0.1, -0.05) is 102 Å². The van der Waals surface area contributed by atoms with E-state index < -0.39 is 6.10 Å². The molecule has 0 spiro atoms. The molecule has 0 aliphatic heterocycles. The average Bonchev–Trinajstić information content (AvgIpc) is 2.86. The van der Waals surface area contributed by atoms with Crippen molar-refractivity contribution in [1.82, 2.24) is 0 Å². The fourth-order valence-electron chi connectivity index (χ4n) is 5.01. The minimum Gasteiger partial charge on any atom is -0.394 e. The van der Waals surface area contributed by atoms with Crippen molar-refractivity contribution in [2.75, 3.05) is 12.4 Å². The number of thioether (sulfide) groups is 1. The van der Waals surface area contributed by atoms with Gasteiger partial charge in [0.15, 0.2) is 0 Å². The Balaban J connectivity index is 1.86. The van der Waals surface area contributed by atoms with Crippen LogP contribution in [0.2, 0.25) is 0 Å². The second-order valence-corrected chi connectivity index (χ2v) is 12.6. The fourth-order valence-corrected chi connectivity index (χ4v) is 5.77. The number of carbonyl (C=O) groups is 1. The summed E-state index contributed by atoms with van der Waals surface area (Å²) in [6.07, 6.45) is 12.1. The molecule has 0 aromatic heterocycles. The maximum atomic E-state index is 12.3. The molecule has 36 heavy (non-hydrogen) atoms. The molecule has 1 unspecified atom stereocenters. The van der Waals surface area contributed by atoms with Crippen molar-refractivity contribution in [3.8, 4) is 0 Å². The molecular formula is C32H44O3S. The minimum atomic E-state index is -0.871. The highest BCUT2D eigenvalue weighted by atomic mass is 32.2. The molecule has 0 amide bonds. The summed E-state index contributed by atoms with van der Waals surface area (Å²) in [7, 11) is 0. The lowest BCUT2D eigenvalue weighted by Crippen LogP contribution is -2.34. The Hall–Kier alpha value is -1.88. The predicted molar refractivity (Wildman–Crippen MR) is 155 cm³/mol. The zero-order valence-electron chi connectivity index (χ0n) is 22.8. The van der Waals surface area contributed by atoms with E-state index in [1.54, 1.807) is 0 Å². The first-order valence-electron chi connectivity index (χ1n) is 13.5. The van der Waals surface area contributed by atoms with Crippen LogP contribution in [0.3, 0.4) is 0 Å². The van der Waals surface area contributed by atoms with Gasteiger partial charge in [-0.25, -0.2) is 0 Å². The number of fused-ring (bicyclic) bond motifs is 1. The van der Waals surface area contributed by atoms with Gasteiger partial charge in [0.25, 0.3) is 0 Å². The second-order valence-electron chi connectivity index (χ2n) is 11.6. The highest BCUT2D eigenvalue weighted by molar-refractivity contribution is 8.14. The quantitative estimate of drug-likeness (QED) is 0.243. The van der Waals surface area contributed by atoms with Gasteiger partial charge in [0.1, 0.15) is 0 Å². The summed E-state index contributed by atoms with van der Waals surface area (Å²) in [6.45, 7) is 11.5. The molecule has 2 aromatic rings. The van der Waals surface area contributed by atoms with E-state index in [0.717, 1.165) is 23.7 Å². The monoisotopic (exact) mass is 508 g/mol. The Morgan fingerprint density at radius 2 is 1.61 bits per heavy atom. The normalized spacial score (nSPS) is 17.2. The van der Waals surface area contributed by atoms with Crippen LogP contribution in [0.15, 0.2) is 36.4 Å². The van der Waals surface area contributed by atoms with Gasteiger partial charge in [-0.15, -0.1) is 0 Å². The van der Waals surface area contributed by atoms with Crippen LogP contribution in [0.25, 0.3) is 12.2 Å². The Labute approximate surface area is 222 Å². The van der Waals surface area contributed by atoms with Crippen LogP contribution < -0.4 is 0 Å². The topological polar surface area (TPSA) is 57.5 Å². The number of aliphatic hydroxyl groups is 2. The van der Waals surface area contributed by atoms with Crippen LogP contribution in [0.5, 0.6) is 0 Å². The lowest BCUT2D eigenvalue weighted by molar-refractivity contribution is 0.106. The summed E-state index contributed by atoms with van der Waals surface area (Å²) >= 11 is 1.04. The molecule has 0 heterocycles. The highest BCUT2D eigenvalue weighted by Gasteiger charge is 2.37. The second kappa shape index (κ2) is 12.6. The molecule has 1 atom stereocenters. The Morgan fingerprint density at radius 3 is 2.22 bits per heavy atom. The molecule has 196 valence electrons. The Kier molecular flexibility index (Phi) is 10.0. The van der Waals surface area contributed by atoms with Crippen molar-refractivity contribution < 1.29 is 15.0 Å². The van der Waals surface area contributed by atoms with Crippen LogP contribution >= 0.6 is 11.8 Å². The van der Waals surface area contributed by atoms with E-state index in [1.165, 1.54) is 60.8 Å². The molecule has 0 fully saturated rings. The molecule has 2 aromatic carbocycles. The van der Waals surface area contributed by atoms with Gasteiger partial charge >= 0.3 is 0 Å². The molecule has 2 N–H and O–H groups in total. The molecule has 0 radical (unpaired) electrons. The first kappa shape index (κ1) is 28.7. The van der Waals surface area contributed by atoms with Crippen LogP contribution in [0.4, 0.5) is 0 Å². The third-order valence-corrected chi connectivity index (χ3v) is 8.68. The number of benzene rings is 2. The summed E-state index contributed by atoms with van der Waals surface area (Å²) in [6, 6.07) is 12.6. The fraction of sp³-hybridized carbons (Fsp3) is 0.531. The van der Waals surface area contributed by atoms with E-state index in [2.05, 4.69) is 58.9 Å². The van der Waals surface area contributed by atoms with E-state index >= 15 is 0 Å². The van der Waals surface area contributed by atoms with Gasteiger partial charge < -0.3 is 10.2 Å². The third kappa shape index (κ3) is 7.34. The number of carbonyl (C=O) groups excluding carboxylic acids is 1. The first-order chi connectivity index (χ1) is 17.1. The Morgan fingerprint density at radius 1 is 0.972 bits per heavy atom. The van der Waals surface area contributed by atoms with E-state index in [0.29, 0.717) is 5.56 Å². The summed E-state index contributed by atoms with van der Waals surface area (Å²) < 4.78 is 0. The van der Waals surface area contributed by atoms with Crippen molar-refractivity contribution in [2.45, 2.75) is 96.5 Å². The van der Waals surface area contributed by atoms with Crippen LogP contribution in [0, 0.1) is 0 Å². The van der Waals surface area contributed by atoms with Crippen molar-refractivity contribution in [1.29, 1.82) is 0 Å². The standard InChI is InChI=1S/C32H44O3S/c1-6-7-8-9-10-25-19-28-29(32(4,5)18-17-31(28,2)3)20-26(25)16-13-23-11-14-24(15-12-23)30(35)36-22-27(34)21-33/h11-16,19-20,27,33-34H,6-10,17-18,21-22H2,1-5H3. The molecule has 3 nitrogen and oxygen atoms in total. The van der Waals surface area contributed by atoms with E-state index in [4.69, 9.17) is 5.11 Å². The molecule has 1 aliphatic rings. The average molecular weight is 509 g/mol. The SMILES string of the molecule is CCCCCCc1cc2c(cc1C=Cc1ccc(C(=O)SCC(O)CO)cc1)C(C)(C)CCC2(C)C. The predicted octanol–water partition coefficient (Wildman–Crippen LogP) is 7.56. The summed E-state index contributed by atoms with van der Waals surface area (Å²) in [5.74, 6) is 0.198. The summed E-state index contributed by atoms with van der Waals surface area (Å²) in [4.78, 5) is 12.3. The van der Waals surface area contributed by atoms with Crippen molar-refractivity contribution in [3.63, 3.8) is 0 Å². The lowest BCUT2D eigenvalue weighted by Gasteiger charge is -2.42. The number of aliphatic hydroxyl groups excluding tert-OH is 2. The van der Waals surface area contributed by atoms with Gasteiger partial charge in [0.2, 0.25) is 5.12 Å².